The first-order valence-electron chi connectivity index (χ1n) is 9.04. The molecule has 0 atom stereocenters. The number of thioether (sulfide) groups is 1. The molecule has 0 aromatic heterocycles. The molecule has 0 aliphatic carbocycles. The van der Waals surface area contributed by atoms with Crippen LogP contribution in [0, 0.1) is 0 Å². The second kappa shape index (κ2) is 11.6. The van der Waals surface area contributed by atoms with E-state index in [9.17, 15) is 14.4 Å². The predicted octanol–water partition coefficient (Wildman–Crippen LogP) is 5.18. The van der Waals surface area contributed by atoms with Crippen molar-refractivity contribution in [3.05, 3.63) is 60.3 Å². The van der Waals surface area contributed by atoms with Crippen molar-refractivity contribution in [1.82, 2.24) is 10.4 Å². The zero-order chi connectivity index (χ0) is 25.0. The summed E-state index contributed by atoms with van der Waals surface area (Å²) in [6.07, 6.45) is 1.49. The first-order chi connectivity index (χ1) is 16.0. The van der Waals surface area contributed by atoms with Crippen LogP contribution < -0.4 is 14.9 Å². The second-order valence-electron chi connectivity index (χ2n) is 6.40. The summed E-state index contributed by atoms with van der Waals surface area (Å²) in [5.74, 6) is -2.01. The summed E-state index contributed by atoms with van der Waals surface area (Å²) < 4.78 is 11.4. The fraction of sp³-hybridized carbons (Fsp3) is 0.100. The summed E-state index contributed by atoms with van der Waals surface area (Å²) in [5.41, 5.74) is 2.82. The Morgan fingerprint density at radius 2 is 1.76 bits per heavy atom. The van der Waals surface area contributed by atoms with Gasteiger partial charge in [-0.15, -0.1) is 0 Å². The normalized spacial score (nSPS) is 14.5. The average Bonchev–Trinajstić information content (AvgIpc) is 3.02. The van der Waals surface area contributed by atoms with Gasteiger partial charge in [-0.3, -0.25) is 15.0 Å². The first-order valence-corrected chi connectivity index (χ1v) is 12.2. The van der Waals surface area contributed by atoms with E-state index in [2.05, 4.69) is 21.4 Å². The van der Waals surface area contributed by atoms with Crippen LogP contribution in [-0.4, -0.2) is 45.4 Å². The lowest BCUT2D eigenvalue weighted by Crippen LogP contribution is -2.46. The van der Waals surface area contributed by atoms with Gasteiger partial charge in [-0.1, -0.05) is 62.5 Å². The lowest BCUT2D eigenvalue weighted by atomic mass is 10.2. The molecule has 1 saturated heterocycles. The summed E-state index contributed by atoms with van der Waals surface area (Å²) in [7, 11) is 0. The van der Waals surface area contributed by atoms with Crippen LogP contribution in [0.2, 0.25) is 15.1 Å². The highest BCUT2D eigenvalue weighted by Gasteiger charge is 2.34. The Balaban J connectivity index is 1.70. The summed E-state index contributed by atoms with van der Waals surface area (Å²) in [6.45, 7) is -1.03. The highest BCUT2D eigenvalue weighted by atomic mass is 79.9. The number of aliphatic carboxylic acids is 1. The van der Waals surface area contributed by atoms with Crippen molar-refractivity contribution in [2.24, 2.45) is 0 Å². The number of carbonyl (C=O) groups is 3. The minimum atomic E-state index is -1.15. The molecule has 0 saturated carbocycles. The Morgan fingerprint density at radius 3 is 2.47 bits per heavy atom. The summed E-state index contributed by atoms with van der Waals surface area (Å²) >= 11 is 27.3. The average molecular weight is 627 g/mol. The monoisotopic (exact) mass is 624 g/mol. The van der Waals surface area contributed by atoms with Gasteiger partial charge in [0.2, 0.25) is 0 Å². The van der Waals surface area contributed by atoms with Crippen molar-refractivity contribution in [1.29, 1.82) is 0 Å². The van der Waals surface area contributed by atoms with Crippen LogP contribution in [-0.2, 0) is 14.4 Å². The Bertz CT molecular complexity index is 1230. The molecule has 1 fully saturated rings. The molecule has 2 amide bonds. The third-order valence-electron chi connectivity index (χ3n) is 3.97. The van der Waals surface area contributed by atoms with Gasteiger partial charge in [-0.05, 0) is 42.6 Å². The molecule has 1 aliphatic heterocycles. The fourth-order valence-corrected chi connectivity index (χ4v) is 4.66. The van der Waals surface area contributed by atoms with E-state index in [1.165, 1.54) is 18.2 Å². The molecular weight excluding hydrogens is 615 g/mol. The molecule has 14 heteroatoms. The first kappa shape index (κ1) is 26.6. The molecule has 0 bridgehead atoms. The molecule has 0 spiro atoms. The number of carbonyl (C=O) groups excluding carboxylic acids is 2. The molecule has 1 aliphatic rings. The number of hydrogen-bond donors (Lipinski definition) is 2. The van der Waals surface area contributed by atoms with Crippen molar-refractivity contribution < 1.29 is 29.0 Å². The Labute approximate surface area is 226 Å². The van der Waals surface area contributed by atoms with Gasteiger partial charge in [0.05, 0.1) is 20.0 Å². The van der Waals surface area contributed by atoms with Crippen LogP contribution >= 0.6 is 74.7 Å². The number of hydrogen-bond acceptors (Lipinski definition) is 7. The van der Waals surface area contributed by atoms with Crippen LogP contribution in [0.3, 0.4) is 0 Å². The van der Waals surface area contributed by atoms with Gasteiger partial charge < -0.3 is 14.6 Å². The van der Waals surface area contributed by atoms with Crippen molar-refractivity contribution in [3.8, 4) is 11.5 Å². The van der Waals surface area contributed by atoms with E-state index in [4.69, 9.17) is 61.6 Å². The maximum atomic E-state index is 12.8. The van der Waals surface area contributed by atoms with Crippen molar-refractivity contribution >= 4 is 103 Å². The third-order valence-corrected chi connectivity index (χ3v) is 6.79. The molecule has 2 N–H and O–H groups in total. The molecule has 1 heterocycles. The Morgan fingerprint density at radius 1 is 1.09 bits per heavy atom. The summed E-state index contributed by atoms with van der Waals surface area (Å²) in [6, 6.07) is 7.62. The van der Waals surface area contributed by atoms with Gasteiger partial charge in [0.15, 0.2) is 17.5 Å². The Kier molecular flexibility index (Phi) is 9.07. The summed E-state index contributed by atoms with van der Waals surface area (Å²) in [5, 5.41) is 10.3. The van der Waals surface area contributed by atoms with E-state index in [0.29, 0.717) is 10.0 Å². The van der Waals surface area contributed by atoms with Crippen LogP contribution in [0.25, 0.3) is 6.08 Å². The highest BCUT2D eigenvalue weighted by molar-refractivity contribution is 9.10. The molecule has 178 valence electrons. The minimum Gasteiger partial charge on any atom is -0.482 e. The number of ether oxygens (including phenoxy) is 2. The SMILES string of the molecule is O=C(O)COc1ccc(Br)cc1C=C1SC(=S)N(NC(=O)COc2cc(Cl)c(Cl)cc2Cl)C1=O. The maximum absolute atomic E-state index is 12.8. The van der Waals surface area contributed by atoms with Crippen LogP contribution in [0.1, 0.15) is 5.56 Å². The molecule has 34 heavy (non-hydrogen) atoms. The van der Waals surface area contributed by atoms with Crippen molar-refractivity contribution in [3.63, 3.8) is 0 Å². The third kappa shape index (κ3) is 6.77. The van der Waals surface area contributed by atoms with E-state index < -0.39 is 31.0 Å². The van der Waals surface area contributed by atoms with Gasteiger partial charge in [-0.2, -0.15) is 5.01 Å². The second-order valence-corrected chi connectivity index (χ2v) is 10.2. The number of halogens is 4. The van der Waals surface area contributed by atoms with E-state index in [1.807, 2.05) is 0 Å². The number of carboxylic acids is 1. The number of carboxylic acid groups (broad SMARTS) is 1. The number of hydrazine groups is 1. The number of amides is 2. The zero-order valence-electron chi connectivity index (χ0n) is 16.6. The predicted molar refractivity (Wildman–Crippen MR) is 137 cm³/mol. The fourth-order valence-electron chi connectivity index (χ4n) is 2.52. The van der Waals surface area contributed by atoms with Gasteiger partial charge in [0.1, 0.15) is 11.5 Å². The van der Waals surface area contributed by atoms with Crippen molar-refractivity contribution in [2.45, 2.75) is 0 Å². The highest BCUT2D eigenvalue weighted by Crippen LogP contribution is 2.35. The van der Waals surface area contributed by atoms with Gasteiger partial charge in [0, 0.05) is 16.1 Å². The molecule has 8 nitrogen and oxygen atoms in total. The van der Waals surface area contributed by atoms with Gasteiger partial charge >= 0.3 is 5.97 Å². The van der Waals surface area contributed by atoms with Crippen LogP contribution in [0.4, 0.5) is 0 Å². The molecule has 2 aromatic rings. The van der Waals surface area contributed by atoms with Gasteiger partial charge in [-0.25, -0.2) is 4.79 Å². The topological polar surface area (TPSA) is 105 Å². The lowest BCUT2D eigenvalue weighted by Gasteiger charge is -2.16. The number of rotatable bonds is 8. The molecule has 2 aromatic carbocycles. The molecular formula is C20H12BrCl3N2O6S2. The number of nitrogens with zero attached hydrogens (tertiary/aromatic N) is 1. The lowest BCUT2D eigenvalue weighted by molar-refractivity contribution is -0.139. The maximum Gasteiger partial charge on any atom is 0.341 e. The molecule has 0 radical (unpaired) electrons. The van der Waals surface area contributed by atoms with E-state index in [1.54, 1.807) is 18.2 Å². The minimum absolute atomic E-state index is 0.0835. The quantitative estimate of drug-likeness (QED) is 0.235. The number of nitrogens with one attached hydrogen (secondary N) is 1. The zero-order valence-corrected chi connectivity index (χ0v) is 22.1. The standard InChI is InChI=1S/C20H12BrCl3N2O6S2/c21-10-1-2-14(32-8-18(28)29)9(3-10)4-16-19(30)26(20(33)34-16)25-17(27)7-31-15-6-12(23)11(22)5-13(15)24/h1-6H,7-8H2,(H,25,27)(H,28,29). The largest absolute Gasteiger partial charge is 0.482 e. The van der Waals surface area contributed by atoms with Crippen molar-refractivity contribution in [2.75, 3.05) is 13.2 Å². The smallest absolute Gasteiger partial charge is 0.341 e. The molecule has 0 unspecified atom stereocenters. The number of thiocarbonyl (C=S) groups is 1. The Hall–Kier alpha value is -2.02. The number of benzene rings is 2. The van der Waals surface area contributed by atoms with Gasteiger partial charge in [0.25, 0.3) is 11.8 Å². The summed E-state index contributed by atoms with van der Waals surface area (Å²) in [4.78, 5) is 36.2. The molecule has 3 rings (SSSR count). The van der Waals surface area contributed by atoms with Crippen LogP contribution in [0.5, 0.6) is 11.5 Å². The van der Waals surface area contributed by atoms with Crippen LogP contribution in [0.15, 0.2) is 39.7 Å². The van der Waals surface area contributed by atoms with E-state index in [0.717, 1.165) is 16.8 Å². The van der Waals surface area contributed by atoms with E-state index in [-0.39, 0.29) is 35.8 Å². The van der Waals surface area contributed by atoms with E-state index >= 15 is 0 Å².